The van der Waals surface area contributed by atoms with Crippen molar-refractivity contribution in [3.05, 3.63) is 59.2 Å². The van der Waals surface area contributed by atoms with E-state index in [0.29, 0.717) is 11.4 Å². The molecule has 0 saturated carbocycles. The van der Waals surface area contributed by atoms with Crippen molar-refractivity contribution in [2.24, 2.45) is 0 Å². The molecule has 24 heavy (non-hydrogen) atoms. The summed E-state index contributed by atoms with van der Waals surface area (Å²) in [4.78, 5) is 0.473. The average Bonchev–Trinajstić information content (AvgIpc) is 3.00. The molecule has 0 bridgehead atoms. The number of sulfonamides is 1. The van der Waals surface area contributed by atoms with Crippen molar-refractivity contribution in [2.75, 3.05) is 10.8 Å². The summed E-state index contributed by atoms with van der Waals surface area (Å²) >= 11 is 0. The fraction of sp³-hybridized carbons (Fsp3) is 0.400. The zero-order chi connectivity index (χ0) is 17.2. The van der Waals surface area contributed by atoms with E-state index in [1.807, 2.05) is 43.3 Å². The quantitative estimate of drug-likeness (QED) is 0.725. The van der Waals surface area contributed by atoms with Crippen molar-refractivity contribution in [3.8, 4) is 0 Å². The lowest BCUT2D eigenvalue weighted by molar-refractivity contribution is 0.590. The van der Waals surface area contributed by atoms with Gasteiger partial charge in [0, 0.05) is 6.54 Å². The molecule has 0 aromatic heterocycles. The van der Waals surface area contributed by atoms with Gasteiger partial charge in [-0.3, -0.25) is 4.31 Å². The Bertz CT molecular complexity index is 827. The molecule has 3 nitrogen and oxygen atoms in total. The van der Waals surface area contributed by atoms with Crippen LogP contribution < -0.4 is 4.31 Å². The fourth-order valence-electron chi connectivity index (χ4n) is 3.40. The van der Waals surface area contributed by atoms with Gasteiger partial charge in [0.15, 0.2) is 0 Å². The highest BCUT2D eigenvalue weighted by molar-refractivity contribution is 7.93. The normalized spacial score (nSPS) is 14.0. The van der Waals surface area contributed by atoms with E-state index in [1.54, 1.807) is 10.4 Å². The third-order valence-corrected chi connectivity index (χ3v) is 6.59. The van der Waals surface area contributed by atoms with Gasteiger partial charge in [-0.25, -0.2) is 8.42 Å². The van der Waals surface area contributed by atoms with Gasteiger partial charge in [0.25, 0.3) is 10.0 Å². The van der Waals surface area contributed by atoms with Crippen molar-refractivity contribution in [2.45, 2.75) is 50.8 Å². The number of rotatable bonds is 6. The lowest BCUT2D eigenvalue weighted by Gasteiger charge is -2.21. The molecule has 0 fully saturated rings. The highest BCUT2D eigenvalue weighted by Crippen LogP contribution is 2.34. The SMILES string of the molecule is CCCCCc1cc(C)ccc1S(=O)(=O)N1CCc2ccccc21. The predicted molar refractivity (Wildman–Crippen MR) is 99.1 cm³/mol. The second-order valence-corrected chi connectivity index (χ2v) is 8.35. The molecule has 0 saturated heterocycles. The molecule has 4 heteroatoms. The maximum Gasteiger partial charge on any atom is 0.264 e. The molecule has 1 heterocycles. The lowest BCUT2D eigenvalue weighted by Crippen LogP contribution is -2.30. The average molecular weight is 343 g/mol. The maximum absolute atomic E-state index is 13.3. The highest BCUT2D eigenvalue weighted by atomic mass is 32.2. The zero-order valence-electron chi connectivity index (χ0n) is 14.5. The van der Waals surface area contributed by atoms with Gasteiger partial charge < -0.3 is 0 Å². The first-order valence-corrected chi connectivity index (χ1v) is 10.2. The molecule has 1 aliphatic rings. The summed E-state index contributed by atoms with van der Waals surface area (Å²) in [5, 5.41) is 0. The van der Waals surface area contributed by atoms with Crippen molar-refractivity contribution in [3.63, 3.8) is 0 Å². The number of anilines is 1. The van der Waals surface area contributed by atoms with E-state index in [1.165, 1.54) is 0 Å². The molecule has 0 radical (unpaired) electrons. The van der Waals surface area contributed by atoms with E-state index >= 15 is 0 Å². The van der Waals surface area contributed by atoms with Crippen LogP contribution in [0.5, 0.6) is 0 Å². The van der Waals surface area contributed by atoms with Crippen LogP contribution in [-0.2, 0) is 22.9 Å². The van der Waals surface area contributed by atoms with E-state index in [-0.39, 0.29) is 0 Å². The number of nitrogens with zero attached hydrogens (tertiary/aromatic N) is 1. The Morgan fingerprint density at radius 2 is 1.88 bits per heavy atom. The third-order valence-electron chi connectivity index (χ3n) is 4.68. The van der Waals surface area contributed by atoms with Gasteiger partial charge >= 0.3 is 0 Å². The van der Waals surface area contributed by atoms with E-state index < -0.39 is 10.0 Å². The second kappa shape index (κ2) is 6.98. The molecule has 3 rings (SSSR count). The number of para-hydroxylation sites is 1. The van der Waals surface area contributed by atoms with E-state index in [9.17, 15) is 8.42 Å². The zero-order valence-corrected chi connectivity index (χ0v) is 15.3. The van der Waals surface area contributed by atoms with Crippen LogP contribution in [0, 0.1) is 6.92 Å². The first-order chi connectivity index (χ1) is 11.5. The molecule has 0 spiro atoms. The smallest absolute Gasteiger partial charge is 0.264 e. The minimum absolute atomic E-state index is 0.473. The molecule has 0 atom stereocenters. The standard InChI is InChI=1S/C20H25NO2S/c1-3-4-5-9-18-15-16(2)11-12-20(18)24(22,23)21-14-13-17-8-6-7-10-19(17)21/h6-8,10-12,15H,3-5,9,13-14H2,1-2H3. The molecular weight excluding hydrogens is 318 g/mol. The fourth-order valence-corrected chi connectivity index (χ4v) is 5.14. The van der Waals surface area contributed by atoms with Crippen LogP contribution in [0.25, 0.3) is 0 Å². The molecule has 0 aliphatic carbocycles. The molecule has 1 aliphatic heterocycles. The number of benzene rings is 2. The Morgan fingerprint density at radius 3 is 2.67 bits per heavy atom. The Kier molecular flexibility index (Phi) is 4.95. The second-order valence-electron chi connectivity index (χ2n) is 6.52. The van der Waals surface area contributed by atoms with Crippen molar-refractivity contribution in [1.29, 1.82) is 0 Å². The predicted octanol–water partition coefficient (Wildman–Crippen LogP) is 4.48. The topological polar surface area (TPSA) is 37.4 Å². The minimum atomic E-state index is -3.50. The molecule has 0 unspecified atom stereocenters. The van der Waals surface area contributed by atoms with Crippen molar-refractivity contribution >= 4 is 15.7 Å². The molecular formula is C20H25NO2S. The number of aryl methyl sites for hydroxylation is 2. The summed E-state index contributed by atoms with van der Waals surface area (Å²) in [7, 11) is -3.50. The Balaban J connectivity index is 1.99. The van der Waals surface area contributed by atoms with E-state index in [0.717, 1.165) is 54.5 Å². The third kappa shape index (κ3) is 3.20. The van der Waals surface area contributed by atoms with Crippen molar-refractivity contribution < 1.29 is 8.42 Å². The van der Waals surface area contributed by atoms with Gasteiger partial charge in [0.05, 0.1) is 10.6 Å². The largest absolute Gasteiger partial charge is 0.266 e. The van der Waals surface area contributed by atoms with Crippen LogP contribution >= 0.6 is 0 Å². The summed E-state index contributed by atoms with van der Waals surface area (Å²) in [5.74, 6) is 0. The highest BCUT2D eigenvalue weighted by Gasteiger charge is 2.31. The van der Waals surface area contributed by atoms with Crippen LogP contribution in [0.15, 0.2) is 47.4 Å². The van der Waals surface area contributed by atoms with Gasteiger partial charge in [-0.1, -0.05) is 55.7 Å². The van der Waals surface area contributed by atoms with Crippen LogP contribution in [0.4, 0.5) is 5.69 Å². The van der Waals surface area contributed by atoms with Crippen LogP contribution in [0.2, 0.25) is 0 Å². The van der Waals surface area contributed by atoms with E-state index in [2.05, 4.69) is 6.92 Å². The molecule has 128 valence electrons. The molecule has 2 aromatic rings. The molecule has 0 amide bonds. The van der Waals surface area contributed by atoms with Crippen LogP contribution in [0.3, 0.4) is 0 Å². The first kappa shape index (κ1) is 17.0. The van der Waals surface area contributed by atoms with Gasteiger partial charge in [0.2, 0.25) is 0 Å². The van der Waals surface area contributed by atoms with Crippen LogP contribution in [0.1, 0.15) is 42.9 Å². The molecule has 0 N–H and O–H groups in total. The van der Waals surface area contributed by atoms with Gasteiger partial charge in [-0.2, -0.15) is 0 Å². The first-order valence-electron chi connectivity index (χ1n) is 8.74. The molecule has 2 aromatic carbocycles. The lowest BCUT2D eigenvalue weighted by atomic mass is 10.1. The van der Waals surface area contributed by atoms with E-state index in [4.69, 9.17) is 0 Å². The maximum atomic E-state index is 13.3. The summed E-state index contributed by atoms with van der Waals surface area (Å²) < 4.78 is 28.2. The van der Waals surface area contributed by atoms with Gasteiger partial charge in [0.1, 0.15) is 0 Å². The number of hydrogen-bond acceptors (Lipinski definition) is 2. The summed E-state index contributed by atoms with van der Waals surface area (Å²) in [6.07, 6.45) is 4.89. The van der Waals surface area contributed by atoms with Crippen molar-refractivity contribution in [1.82, 2.24) is 0 Å². The number of fused-ring (bicyclic) bond motifs is 1. The minimum Gasteiger partial charge on any atom is -0.266 e. The Morgan fingerprint density at radius 1 is 1.08 bits per heavy atom. The summed E-state index contributed by atoms with van der Waals surface area (Å²) in [6.45, 7) is 4.71. The van der Waals surface area contributed by atoms with Gasteiger partial charge in [-0.15, -0.1) is 0 Å². The number of hydrogen-bond donors (Lipinski definition) is 0. The Labute approximate surface area is 145 Å². The monoisotopic (exact) mass is 343 g/mol. The van der Waals surface area contributed by atoms with Crippen LogP contribution in [-0.4, -0.2) is 15.0 Å². The van der Waals surface area contributed by atoms with Gasteiger partial charge in [-0.05, 0) is 49.4 Å². The summed E-state index contributed by atoms with van der Waals surface area (Å²) in [6, 6.07) is 13.5. The Hall–Kier alpha value is -1.81. The summed E-state index contributed by atoms with van der Waals surface area (Å²) in [5.41, 5.74) is 4.01. The number of unbranched alkanes of at least 4 members (excludes halogenated alkanes) is 2.